The van der Waals surface area contributed by atoms with Gasteiger partial charge in [-0.3, -0.25) is 0 Å². The van der Waals surface area contributed by atoms with E-state index in [-0.39, 0.29) is 28.1 Å². The number of ether oxygens (including phenoxy) is 3. The lowest BCUT2D eigenvalue weighted by atomic mass is 10.1. The molecule has 6 nitrogen and oxygen atoms in total. The zero-order chi connectivity index (χ0) is 24.4. The van der Waals surface area contributed by atoms with Crippen molar-refractivity contribution in [1.82, 2.24) is 0 Å². The van der Waals surface area contributed by atoms with Crippen molar-refractivity contribution in [2.24, 2.45) is 4.99 Å². The maximum atomic E-state index is 12.6. The fraction of sp³-hybridized carbons (Fsp3) is 0.0800. The van der Waals surface area contributed by atoms with Gasteiger partial charge in [-0.15, -0.1) is 0 Å². The van der Waals surface area contributed by atoms with Crippen molar-refractivity contribution >= 4 is 69.7 Å². The number of hydrogen-bond acceptors (Lipinski definition) is 6. The van der Waals surface area contributed by atoms with Crippen molar-refractivity contribution in [1.29, 1.82) is 0 Å². The third-order valence-corrected chi connectivity index (χ3v) is 6.06. The van der Waals surface area contributed by atoms with Crippen molar-refractivity contribution in [3.8, 4) is 11.5 Å². The molecule has 0 unspecified atom stereocenters. The van der Waals surface area contributed by atoms with Gasteiger partial charge in [0, 0.05) is 3.57 Å². The number of esters is 2. The fourth-order valence-electron chi connectivity index (χ4n) is 3.19. The van der Waals surface area contributed by atoms with Gasteiger partial charge < -0.3 is 14.2 Å². The number of rotatable bonds is 5. The molecule has 1 aliphatic rings. The third kappa shape index (κ3) is 5.27. The number of methoxy groups -OCH3 is 1. The largest absolute Gasteiger partial charge is 0.493 e. The van der Waals surface area contributed by atoms with Crippen LogP contribution in [0.25, 0.3) is 6.08 Å². The molecule has 0 bridgehead atoms. The van der Waals surface area contributed by atoms with Crippen LogP contribution in [0.3, 0.4) is 0 Å². The highest BCUT2D eigenvalue weighted by Gasteiger charge is 2.26. The van der Waals surface area contributed by atoms with Gasteiger partial charge in [-0.05, 0) is 83.6 Å². The van der Waals surface area contributed by atoms with Crippen LogP contribution >= 0.6 is 45.8 Å². The molecule has 9 heteroatoms. The summed E-state index contributed by atoms with van der Waals surface area (Å²) in [5, 5.41) is 0.543. The van der Waals surface area contributed by atoms with Crippen LogP contribution in [0.15, 0.2) is 65.3 Å². The molecule has 3 aromatic rings. The van der Waals surface area contributed by atoms with Gasteiger partial charge in [0.25, 0.3) is 0 Å². The van der Waals surface area contributed by atoms with E-state index in [4.69, 9.17) is 37.4 Å². The summed E-state index contributed by atoms with van der Waals surface area (Å²) < 4.78 is 17.1. The maximum absolute atomic E-state index is 12.6. The molecule has 1 heterocycles. The summed E-state index contributed by atoms with van der Waals surface area (Å²) in [5.41, 5.74) is 2.38. The second-order valence-electron chi connectivity index (χ2n) is 7.25. The van der Waals surface area contributed by atoms with E-state index in [1.807, 2.05) is 19.1 Å². The van der Waals surface area contributed by atoms with Crippen LogP contribution in [0.2, 0.25) is 10.0 Å². The zero-order valence-corrected chi connectivity index (χ0v) is 21.6. The first kappa shape index (κ1) is 24.3. The quantitative estimate of drug-likeness (QED) is 0.144. The van der Waals surface area contributed by atoms with E-state index < -0.39 is 11.9 Å². The maximum Gasteiger partial charge on any atom is 0.363 e. The van der Waals surface area contributed by atoms with E-state index in [0.29, 0.717) is 21.7 Å². The lowest BCUT2D eigenvalue weighted by molar-refractivity contribution is -0.129. The van der Waals surface area contributed by atoms with Gasteiger partial charge in [-0.25, -0.2) is 14.6 Å². The summed E-state index contributed by atoms with van der Waals surface area (Å²) >= 11 is 14.8. The summed E-state index contributed by atoms with van der Waals surface area (Å²) in [6.07, 6.45) is 1.50. The Morgan fingerprint density at radius 3 is 2.62 bits per heavy atom. The summed E-state index contributed by atoms with van der Waals surface area (Å²) in [6, 6.07) is 15.4. The van der Waals surface area contributed by atoms with Crippen molar-refractivity contribution < 1.29 is 23.8 Å². The van der Waals surface area contributed by atoms with E-state index in [2.05, 4.69) is 27.6 Å². The highest BCUT2D eigenvalue weighted by molar-refractivity contribution is 14.1. The molecule has 0 aliphatic carbocycles. The SMILES string of the molecule is COc1cc(/C=C2\N=C(c3cc(I)ccc3Cl)OC2=O)cc(Cl)c1OC(=O)c1cccc(C)c1. The standard InChI is InChI=1S/C25H16Cl2INO5/c1-13-4-3-5-15(8-13)24(30)33-22-19(27)9-14(11-21(22)32-2)10-20-25(31)34-23(29-20)17-12-16(28)6-7-18(17)26/h3-12H,1-2H3/b20-10-. The highest BCUT2D eigenvalue weighted by atomic mass is 127. The van der Waals surface area contributed by atoms with Crippen LogP contribution in [0.1, 0.15) is 27.0 Å². The molecule has 0 saturated heterocycles. The second-order valence-corrected chi connectivity index (χ2v) is 9.31. The molecule has 0 atom stereocenters. The Bertz CT molecular complexity index is 1380. The Morgan fingerprint density at radius 2 is 1.88 bits per heavy atom. The van der Waals surface area contributed by atoms with Gasteiger partial charge in [-0.1, -0.05) is 40.9 Å². The number of aryl methyl sites for hydroxylation is 1. The molecule has 0 radical (unpaired) electrons. The van der Waals surface area contributed by atoms with Gasteiger partial charge in [0.1, 0.15) is 0 Å². The first-order valence-corrected chi connectivity index (χ1v) is 11.7. The van der Waals surface area contributed by atoms with E-state index in [1.165, 1.54) is 19.3 Å². The number of carbonyl (C=O) groups excluding carboxylic acids is 2. The Kier molecular flexibility index (Phi) is 7.25. The number of hydrogen-bond donors (Lipinski definition) is 0. The van der Waals surface area contributed by atoms with Crippen molar-refractivity contribution in [3.05, 3.63) is 96.2 Å². The van der Waals surface area contributed by atoms with Crippen LogP contribution in [0.4, 0.5) is 0 Å². The van der Waals surface area contributed by atoms with Crippen molar-refractivity contribution in [2.75, 3.05) is 7.11 Å². The Balaban J connectivity index is 1.65. The van der Waals surface area contributed by atoms with Gasteiger partial charge in [0.2, 0.25) is 5.90 Å². The predicted octanol–water partition coefficient (Wildman–Crippen LogP) is 6.48. The third-order valence-electron chi connectivity index (χ3n) is 4.78. The topological polar surface area (TPSA) is 74.2 Å². The van der Waals surface area contributed by atoms with E-state index in [0.717, 1.165) is 9.13 Å². The molecule has 1 aliphatic heterocycles. The molecular weight excluding hydrogens is 592 g/mol. The molecule has 0 aromatic heterocycles. The zero-order valence-electron chi connectivity index (χ0n) is 17.9. The Morgan fingerprint density at radius 1 is 1.09 bits per heavy atom. The molecule has 0 amide bonds. The predicted molar refractivity (Wildman–Crippen MR) is 139 cm³/mol. The number of aliphatic imine (C=N–C) groups is 1. The first-order chi connectivity index (χ1) is 16.2. The molecule has 0 spiro atoms. The molecule has 3 aromatic carbocycles. The van der Waals surface area contributed by atoms with E-state index in [1.54, 1.807) is 36.4 Å². The lowest BCUT2D eigenvalue weighted by Gasteiger charge is -2.12. The molecular formula is C25H16Cl2INO5. The minimum atomic E-state index is -0.630. The van der Waals surface area contributed by atoms with Gasteiger partial charge >= 0.3 is 11.9 Å². The monoisotopic (exact) mass is 607 g/mol. The van der Waals surface area contributed by atoms with Crippen LogP contribution in [0, 0.1) is 10.5 Å². The summed E-state index contributed by atoms with van der Waals surface area (Å²) in [4.78, 5) is 29.3. The number of halogens is 3. The Labute approximate surface area is 219 Å². The van der Waals surface area contributed by atoms with Crippen LogP contribution in [0.5, 0.6) is 11.5 Å². The average molecular weight is 608 g/mol. The van der Waals surface area contributed by atoms with Gasteiger partial charge in [0.15, 0.2) is 17.2 Å². The molecule has 34 heavy (non-hydrogen) atoms. The van der Waals surface area contributed by atoms with Crippen molar-refractivity contribution in [2.45, 2.75) is 6.92 Å². The van der Waals surface area contributed by atoms with Crippen LogP contribution in [-0.2, 0) is 9.53 Å². The smallest absolute Gasteiger partial charge is 0.363 e. The molecule has 0 N–H and O–H groups in total. The van der Waals surface area contributed by atoms with Crippen molar-refractivity contribution in [3.63, 3.8) is 0 Å². The summed E-state index contributed by atoms with van der Waals surface area (Å²) in [5.74, 6) is -0.798. The molecule has 0 fully saturated rings. The average Bonchev–Trinajstić information content (AvgIpc) is 3.16. The number of benzene rings is 3. The normalized spacial score (nSPS) is 14.1. The van der Waals surface area contributed by atoms with Gasteiger partial charge in [0.05, 0.1) is 28.3 Å². The highest BCUT2D eigenvalue weighted by Crippen LogP contribution is 2.38. The summed E-state index contributed by atoms with van der Waals surface area (Å²) in [7, 11) is 1.42. The number of carbonyl (C=O) groups is 2. The number of nitrogens with zero attached hydrogens (tertiary/aromatic N) is 1. The number of cyclic esters (lactones) is 1. The Hall–Kier alpha value is -2.88. The second kappa shape index (κ2) is 10.2. The minimum Gasteiger partial charge on any atom is -0.493 e. The molecule has 4 rings (SSSR count). The van der Waals surface area contributed by atoms with E-state index >= 15 is 0 Å². The van der Waals surface area contributed by atoms with Gasteiger partial charge in [-0.2, -0.15) is 0 Å². The first-order valence-electron chi connectivity index (χ1n) is 9.89. The molecule has 172 valence electrons. The lowest BCUT2D eigenvalue weighted by Crippen LogP contribution is -2.10. The summed E-state index contributed by atoms with van der Waals surface area (Å²) in [6.45, 7) is 1.88. The van der Waals surface area contributed by atoms with E-state index in [9.17, 15) is 9.59 Å². The molecule has 0 saturated carbocycles. The fourth-order valence-corrected chi connectivity index (χ4v) is 4.14. The van der Waals surface area contributed by atoms with Crippen LogP contribution in [-0.4, -0.2) is 24.9 Å². The van der Waals surface area contributed by atoms with Crippen LogP contribution < -0.4 is 9.47 Å². The minimum absolute atomic E-state index is 0.0625.